The first-order valence-corrected chi connectivity index (χ1v) is 12.2. The van der Waals surface area contributed by atoms with Crippen LogP contribution in [0.2, 0.25) is 0 Å². The molecule has 0 saturated carbocycles. The molecule has 2 aromatic carbocycles. The van der Waals surface area contributed by atoms with Crippen molar-refractivity contribution in [1.29, 1.82) is 0 Å². The molecule has 9 heteroatoms. The molecule has 2 aromatic heterocycles. The number of thiazole rings is 1. The van der Waals surface area contributed by atoms with Gasteiger partial charge in [-0.15, -0.1) is 11.3 Å². The summed E-state index contributed by atoms with van der Waals surface area (Å²) in [6.45, 7) is 4.81. The smallest absolute Gasteiger partial charge is 0.411 e. The van der Waals surface area contributed by atoms with Crippen molar-refractivity contribution in [2.75, 3.05) is 11.1 Å². The van der Waals surface area contributed by atoms with Crippen LogP contribution in [-0.2, 0) is 23.6 Å². The van der Waals surface area contributed by atoms with Crippen molar-refractivity contribution in [3.8, 4) is 10.6 Å². The van der Waals surface area contributed by atoms with Crippen molar-refractivity contribution in [2.45, 2.75) is 32.8 Å². The Hall–Kier alpha value is -2.91. The lowest BCUT2D eigenvalue weighted by Gasteiger charge is -2.13. The maximum atomic E-state index is 13.4. The predicted octanol–water partition coefficient (Wildman–Crippen LogP) is 5.91. The van der Waals surface area contributed by atoms with Gasteiger partial charge in [-0.1, -0.05) is 0 Å². The zero-order valence-electron chi connectivity index (χ0n) is 17.6. The van der Waals surface area contributed by atoms with Gasteiger partial charge in [0.1, 0.15) is 23.3 Å². The topological polar surface area (TPSA) is 69.0 Å². The van der Waals surface area contributed by atoms with Gasteiger partial charge in [-0.25, -0.2) is 19.2 Å². The van der Waals surface area contributed by atoms with E-state index in [0.29, 0.717) is 5.69 Å². The van der Waals surface area contributed by atoms with Crippen LogP contribution in [0.4, 0.5) is 14.9 Å². The van der Waals surface area contributed by atoms with Crippen molar-refractivity contribution in [3.63, 3.8) is 0 Å². The molecule has 6 nitrogen and oxygen atoms in total. The molecule has 0 atom stereocenters. The zero-order valence-corrected chi connectivity index (χ0v) is 19.3. The Morgan fingerprint density at radius 3 is 2.94 bits per heavy atom. The quantitative estimate of drug-likeness (QED) is 0.403. The molecule has 1 N–H and O–H groups in total. The van der Waals surface area contributed by atoms with Crippen molar-refractivity contribution in [2.24, 2.45) is 0 Å². The minimum atomic E-state index is -0.531. The van der Waals surface area contributed by atoms with Crippen LogP contribution in [0, 0.1) is 19.7 Å². The third kappa shape index (κ3) is 4.10. The molecule has 1 amide bonds. The number of aromatic nitrogens is 3. The summed E-state index contributed by atoms with van der Waals surface area (Å²) in [5.74, 6) is 2.80. The number of nitrogens with zero attached hydrogens (tertiary/aromatic N) is 3. The van der Waals surface area contributed by atoms with E-state index in [1.165, 1.54) is 23.5 Å². The number of amides is 1. The number of hydrogen-bond donors (Lipinski definition) is 1. The Bertz CT molecular complexity index is 1330. The lowest BCUT2D eigenvalue weighted by Crippen LogP contribution is -2.13. The molecular weight excluding hydrogens is 447 g/mol. The second-order valence-electron chi connectivity index (χ2n) is 7.62. The number of fused-ring (bicyclic) bond motifs is 3. The first-order chi connectivity index (χ1) is 15.5. The van der Waals surface area contributed by atoms with Crippen LogP contribution in [0.15, 0.2) is 36.4 Å². The molecule has 1 aliphatic heterocycles. The highest BCUT2D eigenvalue weighted by Crippen LogP contribution is 2.31. The van der Waals surface area contributed by atoms with Crippen LogP contribution in [0.1, 0.15) is 22.0 Å². The molecule has 0 fully saturated rings. The minimum Gasteiger partial charge on any atom is -0.444 e. The van der Waals surface area contributed by atoms with Crippen LogP contribution in [0.5, 0.6) is 0 Å². The number of thioether (sulfide) groups is 1. The summed E-state index contributed by atoms with van der Waals surface area (Å²) >= 11 is 3.33. The fraction of sp³-hybridized carbons (Fsp3) is 0.261. The van der Waals surface area contributed by atoms with Gasteiger partial charge in [0, 0.05) is 23.5 Å². The second kappa shape index (κ2) is 8.55. The highest BCUT2D eigenvalue weighted by Gasteiger charge is 2.16. The van der Waals surface area contributed by atoms with Crippen LogP contribution >= 0.6 is 23.1 Å². The van der Waals surface area contributed by atoms with Crippen molar-refractivity contribution < 1.29 is 13.9 Å². The molecule has 0 bridgehead atoms. The molecule has 32 heavy (non-hydrogen) atoms. The first kappa shape index (κ1) is 21.0. The van der Waals surface area contributed by atoms with E-state index in [0.717, 1.165) is 61.6 Å². The number of halogens is 1. The number of imidazole rings is 1. The average Bonchev–Trinajstić information content (AvgIpc) is 3.31. The lowest BCUT2D eigenvalue weighted by molar-refractivity contribution is 0.156. The Morgan fingerprint density at radius 2 is 2.09 bits per heavy atom. The maximum absolute atomic E-state index is 13.4. The Morgan fingerprint density at radius 1 is 1.22 bits per heavy atom. The minimum absolute atomic E-state index is 0.119. The molecule has 3 heterocycles. The summed E-state index contributed by atoms with van der Waals surface area (Å²) in [5.41, 5.74) is 5.10. The Labute approximate surface area is 192 Å². The molecule has 0 saturated heterocycles. The number of benzene rings is 2. The summed E-state index contributed by atoms with van der Waals surface area (Å²) in [4.78, 5) is 22.5. The van der Waals surface area contributed by atoms with E-state index in [-0.39, 0.29) is 12.4 Å². The highest BCUT2D eigenvalue weighted by atomic mass is 32.2. The molecule has 1 aliphatic rings. The monoisotopic (exact) mass is 468 g/mol. The normalized spacial score (nSPS) is 13.2. The Kier molecular flexibility index (Phi) is 5.60. The molecular formula is C23H21FN4O2S2. The molecule has 4 aromatic rings. The fourth-order valence-electron chi connectivity index (χ4n) is 3.77. The highest BCUT2D eigenvalue weighted by molar-refractivity contribution is 7.98. The molecule has 164 valence electrons. The molecule has 0 unspecified atom stereocenters. The summed E-state index contributed by atoms with van der Waals surface area (Å²) < 4.78 is 21.1. The molecule has 0 radical (unpaired) electrons. The van der Waals surface area contributed by atoms with Crippen molar-refractivity contribution >= 4 is 45.9 Å². The number of anilines is 1. The molecule has 5 rings (SSSR count). The van der Waals surface area contributed by atoms with Gasteiger partial charge in [-0.2, -0.15) is 11.8 Å². The number of aryl methyl sites for hydroxylation is 3. The summed E-state index contributed by atoms with van der Waals surface area (Å²) in [6.07, 6.45) is -0.531. The van der Waals surface area contributed by atoms with E-state index < -0.39 is 6.09 Å². The van der Waals surface area contributed by atoms with Gasteiger partial charge >= 0.3 is 6.09 Å². The van der Waals surface area contributed by atoms with Crippen LogP contribution < -0.4 is 5.32 Å². The number of carbonyl (C=O) groups excluding carboxylic acids is 1. The van der Waals surface area contributed by atoms with E-state index in [2.05, 4.69) is 14.9 Å². The van der Waals surface area contributed by atoms with E-state index in [9.17, 15) is 9.18 Å². The number of rotatable bonds is 4. The summed E-state index contributed by atoms with van der Waals surface area (Å²) in [6, 6.07) is 10.4. The second-order valence-corrected chi connectivity index (χ2v) is 9.81. The van der Waals surface area contributed by atoms with Gasteiger partial charge < -0.3 is 9.30 Å². The van der Waals surface area contributed by atoms with Gasteiger partial charge in [0.15, 0.2) is 0 Å². The zero-order chi connectivity index (χ0) is 22.2. The number of nitrogens with one attached hydrogen (secondary N) is 1. The van der Waals surface area contributed by atoms with Crippen LogP contribution in [-0.4, -0.2) is 26.4 Å². The van der Waals surface area contributed by atoms with E-state index >= 15 is 0 Å². The largest absolute Gasteiger partial charge is 0.444 e. The van der Waals surface area contributed by atoms with E-state index in [1.54, 1.807) is 6.07 Å². The van der Waals surface area contributed by atoms with Crippen molar-refractivity contribution in [3.05, 3.63) is 64.2 Å². The van der Waals surface area contributed by atoms with Gasteiger partial charge in [-0.3, -0.25) is 5.32 Å². The number of hydrogen-bond acceptors (Lipinski definition) is 6. The summed E-state index contributed by atoms with van der Waals surface area (Å²) in [5, 5.41) is 3.57. The first-order valence-electron chi connectivity index (χ1n) is 10.2. The fourth-order valence-corrected chi connectivity index (χ4v) is 5.69. The lowest BCUT2D eigenvalue weighted by atomic mass is 10.1. The van der Waals surface area contributed by atoms with Gasteiger partial charge in [0.25, 0.3) is 0 Å². The van der Waals surface area contributed by atoms with E-state index in [1.807, 2.05) is 43.8 Å². The summed E-state index contributed by atoms with van der Waals surface area (Å²) in [7, 11) is 0. The SMILES string of the molecule is Cc1cc(F)ccc1-c1nc(C)c(COC(=O)Nc2ccc3c(c2)nc2n3CCSC2)s1. The number of ether oxygens (including phenoxy) is 1. The molecule has 0 spiro atoms. The van der Waals surface area contributed by atoms with Gasteiger partial charge in [0.2, 0.25) is 0 Å². The van der Waals surface area contributed by atoms with E-state index in [4.69, 9.17) is 9.72 Å². The van der Waals surface area contributed by atoms with Crippen LogP contribution in [0.3, 0.4) is 0 Å². The third-order valence-electron chi connectivity index (χ3n) is 5.41. The van der Waals surface area contributed by atoms with Gasteiger partial charge in [0.05, 0.1) is 27.4 Å². The number of carbonyl (C=O) groups is 1. The third-order valence-corrected chi connectivity index (χ3v) is 7.51. The average molecular weight is 469 g/mol. The van der Waals surface area contributed by atoms with Crippen LogP contribution in [0.25, 0.3) is 21.6 Å². The standard InChI is InChI=1S/C23H21FN4O2S2/c1-13-9-15(24)3-5-17(13)22-25-14(2)20(32-22)11-30-23(29)26-16-4-6-19-18(10-16)27-21-12-31-8-7-28(19)21/h3-6,9-10H,7-8,11-12H2,1-2H3,(H,26,29). The van der Waals surface area contributed by atoms with Crippen molar-refractivity contribution in [1.82, 2.24) is 14.5 Å². The maximum Gasteiger partial charge on any atom is 0.411 e. The Balaban J connectivity index is 1.26. The predicted molar refractivity (Wildman–Crippen MR) is 127 cm³/mol. The van der Waals surface area contributed by atoms with Gasteiger partial charge in [-0.05, 0) is 55.8 Å². The molecule has 0 aliphatic carbocycles.